The molecule has 0 aliphatic carbocycles. The normalized spacial score (nSPS) is 21.1. The number of aromatic nitrogens is 2. The van der Waals surface area contributed by atoms with Gasteiger partial charge in [-0.3, -0.25) is 14.8 Å². The molecule has 1 unspecified atom stereocenters. The fourth-order valence-corrected chi connectivity index (χ4v) is 2.02. The number of piperidine rings is 1. The SMILES string of the molecule is Cn1cc([N+](=O)[O-])c(N2CCCC(N)C2)n1. The van der Waals surface area contributed by atoms with E-state index in [1.807, 2.05) is 4.90 Å². The fraction of sp³-hybridized carbons (Fsp3) is 0.667. The molecule has 2 heterocycles. The minimum Gasteiger partial charge on any atom is -0.348 e. The average molecular weight is 225 g/mol. The largest absolute Gasteiger partial charge is 0.348 e. The van der Waals surface area contributed by atoms with E-state index in [9.17, 15) is 10.1 Å². The first-order chi connectivity index (χ1) is 7.58. The molecule has 0 aromatic carbocycles. The van der Waals surface area contributed by atoms with E-state index in [1.165, 1.54) is 10.9 Å². The van der Waals surface area contributed by atoms with Gasteiger partial charge >= 0.3 is 5.69 Å². The van der Waals surface area contributed by atoms with Gasteiger partial charge in [0, 0.05) is 26.2 Å². The van der Waals surface area contributed by atoms with Gasteiger partial charge in [0.15, 0.2) is 0 Å². The highest BCUT2D eigenvalue weighted by atomic mass is 16.6. The molecule has 0 saturated carbocycles. The van der Waals surface area contributed by atoms with Gasteiger partial charge in [0.1, 0.15) is 6.20 Å². The van der Waals surface area contributed by atoms with E-state index in [-0.39, 0.29) is 11.7 Å². The highest BCUT2D eigenvalue weighted by molar-refractivity contribution is 5.57. The number of aryl methyl sites for hydroxylation is 1. The molecular weight excluding hydrogens is 210 g/mol. The van der Waals surface area contributed by atoms with Gasteiger partial charge in [0.05, 0.1) is 4.92 Å². The molecular formula is C9H15N5O2. The zero-order valence-corrected chi connectivity index (χ0v) is 9.17. The van der Waals surface area contributed by atoms with Crippen molar-refractivity contribution in [3.8, 4) is 0 Å². The summed E-state index contributed by atoms with van der Waals surface area (Å²) in [6.07, 6.45) is 3.35. The molecule has 2 rings (SSSR count). The Labute approximate surface area is 93.0 Å². The van der Waals surface area contributed by atoms with Crippen LogP contribution in [-0.4, -0.2) is 33.8 Å². The molecule has 0 bridgehead atoms. The van der Waals surface area contributed by atoms with Crippen molar-refractivity contribution in [2.45, 2.75) is 18.9 Å². The predicted molar refractivity (Wildman–Crippen MR) is 59.3 cm³/mol. The third kappa shape index (κ3) is 1.99. The van der Waals surface area contributed by atoms with Crippen LogP contribution in [0.3, 0.4) is 0 Å². The van der Waals surface area contributed by atoms with Gasteiger partial charge in [0.25, 0.3) is 0 Å². The van der Waals surface area contributed by atoms with E-state index in [0.717, 1.165) is 19.4 Å². The molecule has 1 aromatic rings. The summed E-state index contributed by atoms with van der Waals surface area (Å²) in [6, 6.07) is 0.0790. The third-order valence-electron chi connectivity index (χ3n) is 2.74. The number of nitro groups is 1. The van der Waals surface area contributed by atoms with Crippen molar-refractivity contribution in [1.82, 2.24) is 9.78 Å². The minimum atomic E-state index is -0.400. The summed E-state index contributed by atoms with van der Waals surface area (Å²) in [5, 5.41) is 15.0. The second-order valence-electron chi connectivity index (χ2n) is 4.12. The summed E-state index contributed by atoms with van der Waals surface area (Å²) in [7, 11) is 1.68. The van der Waals surface area contributed by atoms with E-state index in [1.54, 1.807) is 7.05 Å². The molecule has 7 heteroatoms. The van der Waals surface area contributed by atoms with Crippen LogP contribution in [0.1, 0.15) is 12.8 Å². The van der Waals surface area contributed by atoms with Crippen LogP contribution in [0, 0.1) is 10.1 Å². The van der Waals surface area contributed by atoms with Gasteiger partial charge in [0.2, 0.25) is 5.82 Å². The Morgan fingerprint density at radius 3 is 3.06 bits per heavy atom. The maximum Gasteiger partial charge on any atom is 0.330 e. The Morgan fingerprint density at radius 1 is 1.69 bits per heavy atom. The standard InChI is InChI=1S/C9H15N5O2/c1-12-6-8(14(15)16)9(11-12)13-4-2-3-7(10)5-13/h6-7H,2-5,10H2,1H3. The molecule has 0 radical (unpaired) electrons. The Kier molecular flexibility index (Phi) is 2.78. The lowest BCUT2D eigenvalue weighted by Gasteiger charge is -2.30. The molecule has 16 heavy (non-hydrogen) atoms. The molecule has 1 saturated heterocycles. The van der Waals surface area contributed by atoms with Gasteiger partial charge < -0.3 is 10.6 Å². The molecule has 1 aliphatic rings. The van der Waals surface area contributed by atoms with Crippen LogP contribution in [-0.2, 0) is 7.05 Å². The monoisotopic (exact) mass is 225 g/mol. The van der Waals surface area contributed by atoms with Crippen LogP contribution in [0.15, 0.2) is 6.20 Å². The summed E-state index contributed by atoms with van der Waals surface area (Å²) in [6.45, 7) is 1.42. The zero-order valence-electron chi connectivity index (χ0n) is 9.17. The Bertz CT molecular complexity index is 403. The van der Waals surface area contributed by atoms with E-state index < -0.39 is 4.92 Å². The van der Waals surface area contributed by atoms with Gasteiger partial charge in [-0.05, 0) is 12.8 Å². The first-order valence-electron chi connectivity index (χ1n) is 5.26. The van der Waals surface area contributed by atoms with Crippen molar-refractivity contribution in [3.63, 3.8) is 0 Å². The van der Waals surface area contributed by atoms with E-state index in [2.05, 4.69) is 5.10 Å². The minimum absolute atomic E-state index is 0.0524. The predicted octanol–water partition coefficient (Wildman–Crippen LogP) is 0.256. The maximum atomic E-state index is 10.9. The van der Waals surface area contributed by atoms with Crippen LogP contribution in [0.25, 0.3) is 0 Å². The summed E-state index contributed by atoms with van der Waals surface area (Å²) in [5.41, 5.74) is 5.90. The van der Waals surface area contributed by atoms with Crippen molar-refractivity contribution in [3.05, 3.63) is 16.3 Å². The van der Waals surface area contributed by atoms with Crippen molar-refractivity contribution in [2.24, 2.45) is 12.8 Å². The highest BCUT2D eigenvalue weighted by Crippen LogP contribution is 2.27. The lowest BCUT2D eigenvalue weighted by atomic mass is 10.1. The maximum absolute atomic E-state index is 10.9. The number of anilines is 1. The number of nitrogens with two attached hydrogens (primary N) is 1. The van der Waals surface area contributed by atoms with Crippen LogP contribution in [0.5, 0.6) is 0 Å². The molecule has 1 aromatic heterocycles. The Balaban J connectivity index is 2.28. The van der Waals surface area contributed by atoms with Crippen LogP contribution in [0.2, 0.25) is 0 Å². The zero-order chi connectivity index (χ0) is 11.7. The molecule has 1 aliphatic heterocycles. The van der Waals surface area contributed by atoms with E-state index in [0.29, 0.717) is 12.4 Å². The molecule has 2 N–H and O–H groups in total. The average Bonchev–Trinajstić information content (AvgIpc) is 2.60. The molecule has 0 amide bonds. The van der Waals surface area contributed by atoms with E-state index >= 15 is 0 Å². The number of rotatable bonds is 2. The van der Waals surface area contributed by atoms with Crippen LogP contribution < -0.4 is 10.6 Å². The highest BCUT2D eigenvalue weighted by Gasteiger charge is 2.27. The van der Waals surface area contributed by atoms with Crippen molar-refractivity contribution in [2.75, 3.05) is 18.0 Å². The summed E-state index contributed by atoms with van der Waals surface area (Å²) >= 11 is 0. The number of nitrogens with zero attached hydrogens (tertiary/aromatic N) is 4. The third-order valence-corrected chi connectivity index (χ3v) is 2.74. The van der Waals surface area contributed by atoms with Gasteiger partial charge in [-0.15, -0.1) is 5.10 Å². The van der Waals surface area contributed by atoms with Gasteiger partial charge in [-0.25, -0.2) is 0 Å². The second-order valence-corrected chi connectivity index (χ2v) is 4.12. The van der Waals surface area contributed by atoms with Crippen LogP contribution in [0.4, 0.5) is 11.5 Å². The molecule has 1 fully saturated rings. The Morgan fingerprint density at radius 2 is 2.44 bits per heavy atom. The fourth-order valence-electron chi connectivity index (χ4n) is 2.02. The second kappa shape index (κ2) is 4.09. The molecule has 0 spiro atoms. The lowest BCUT2D eigenvalue weighted by molar-refractivity contribution is -0.384. The van der Waals surface area contributed by atoms with Crippen molar-refractivity contribution in [1.29, 1.82) is 0 Å². The summed E-state index contributed by atoms with van der Waals surface area (Å²) in [4.78, 5) is 12.3. The molecule has 1 atom stereocenters. The van der Waals surface area contributed by atoms with E-state index in [4.69, 9.17) is 5.73 Å². The smallest absolute Gasteiger partial charge is 0.330 e. The van der Waals surface area contributed by atoms with Gasteiger partial charge in [-0.1, -0.05) is 0 Å². The van der Waals surface area contributed by atoms with Crippen molar-refractivity contribution >= 4 is 11.5 Å². The summed E-state index contributed by atoms with van der Waals surface area (Å²) in [5.74, 6) is 0.433. The number of hydrogen-bond acceptors (Lipinski definition) is 5. The van der Waals surface area contributed by atoms with Crippen molar-refractivity contribution < 1.29 is 4.92 Å². The summed E-state index contributed by atoms with van der Waals surface area (Å²) < 4.78 is 1.47. The molecule has 88 valence electrons. The topological polar surface area (TPSA) is 90.2 Å². The molecule has 7 nitrogen and oxygen atoms in total. The quantitative estimate of drug-likeness (QED) is 0.575. The lowest BCUT2D eigenvalue weighted by Crippen LogP contribution is -2.43. The first-order valence-corrected chi connectivity index (χ1v) is 5.26. The first kappa shape index (κ1) is 10.9. The van der Waals surface area contributed by atoms with Gasteiger partial charge in [-0.2, -0.15) is 0 Å². The van der Waals surface area contributed by atoms with Crippen LogP contribution >= 0.6 is 0 Å². The Hall–Kier alpha value is -1.63. The number of hydrogen-bond donors (Lipinski definition) is 1.